The van der Waals surface area contributed by atoms with Crippen LogP contribution in [0.15, 0.2) is 73.1 Å². The van der Waals surface area contributed by atoms with Crippen molar-refractivity contribution in [2.24, 2.45) is 5.73 Å². The minimum atomic E-state index is -0.873. The molecule has 6 heteroatoms. The molecule has 2 aromatic carbocycles. The molecule has 0 aliphatic carbocycles. The molecule has 6 nitrogen and oxygen atoms in total. The fourth-order valence-electron chi connectivity index (χ4n) is 2.97. The van der Waals surface area contributed by atoms with Crippen LogP contribution in [-0.2, 0) is 0 Å². The number of primary amides is 1. The minimum Gasteiger partial charge on any atom is -0.508 e. The number of hydrogen-bond acceptors (Lipinski definition) is 3. The highest BCUT2D eigenvalue weighted by Crippen LogP contribution is 2.38. The van der Waals surface area contributed by atoms with Gasteiger partial charge >= 0.3 is 6.09 Å². The maximum Gasteiger partial charge on any atom is 0.410 e. The zero-order valence-electron chi connectivity index (χ0n) is 13.2. The third-order valence-electron chi connectivity index (χ3n) is 3.96. The summed E-state index contributed by atoms with van der Waals surface area (Å²) >= 11 is 0. The smallest absolute Gasteiger partial charge is 0.410 e. The number of aromatic hydroxyl groups is 1. The molecular weight excluding hydrogens is 318 g/mol. The topological polar surface area (TPSA) is 82.4 Å². The summed E-state index contributed by atoms with van der Waals surface area (Å²) in [6, 6.07) is 18.2. The maximum atomic E-state index is 11.5. The number of para-hydroxylation sites is 1. The first-order chi connectivity index (χ1) is 12.1. The second-order valence-corrected chi connectivity index (χ2v) is 5.53. The van der Waals surface area contributed by atoms with E-state index in [1.54, 1.807) is 24.3 Å². The largest absolute Gasteiger partial charge is 0.508 e. The molecule has 1 amide bonds. The number of nitrogens with two attached hydrogens (primary N) is 1. The number of carbonyl (C=O) groups excluding carboxylic acids is 1. The molecule has 0 atom stereocenters. The van der Waals surface area contributed by atoms with Gasteiger partial charge in [0.15, 0.2) is 11.6 Å². The second kappa shape index (κ2) is 5.76. The molecule has 0 saturated carbocycles. The molecule has 25 heavy (non-hydrogen) atoms. The molecule has 0 saturated heterocycles. The lowest BCUT2D eigenvalue weighted by Gasteiger charge is -2.13. The number of nitrogens with zero attached hydrogens (tertiary/aromatic N) is 2. The van der Waals surface area contributed by atoms with Gasteiger partial charge in [-0.25, -0.2) is 4.79 Å². The number of benzene rings is 2. The average Bonchev–Trinajstić information content (AvgIpc) is 3.22. The van der Waals surface area contributed by atoms with E-state index in [1.807, 2.05) is 57.9 Å². The summed E-state index contributed by atoms with van der Waals surface area (Å²) in [6.45, 7) is 0. The highest BCUT2D eigenvalue weighted by atomic mass is 16.5. The van der Waals surface area contributed by atoms with Gasteiger partial charge in [-0.2, -0.15) is 0 Å². The maximum absolute atomic E-state index is 11.5. The Morgan fingerprint density at radius 2 is 1.64 bits per heavy atom. The van der Waals surface area contributed by atoms with E-state index in [4.69, 9.17) is 10.5 Å². The van der Waals surface area contributed by atoms with E-state index >= 15 is 0 Å². The van der Waals surface area contributed by atoms with Crippen molar-refractivity contribution in [3.63, 3.8) is 0 Å². The molecule has 0 aliphatic rings. The van der Waals surface area contributed by atoms with Crippen molar-refractivity contribution in [2.45, 2.75) is 0 Å². The number of hydrogen-bond donors (Lipinski definition) is 2. The molecule has 2 heterocycles. The quantitative estimate of drug-likeness (QED) is 0.601. The predicted octanol–water partition coefficient (Wildman–Crippen LogP) is 3.58. The molecule has 4 aromatic rings. The van der Waals surface area contributed by atoms with E-state index in [2.05, 4.69) is 0 Å². The van der Waals surface area contributed by atoms with Crippen LogP contribution in [0.1, 0.15) is 0 Å². The van der Waals surface area contributed by atoms with Crippen LogP contribution >= 0.6 is 0 Å². The summed E-state index contributed by atoms with van der Waals surface area (Å²) in [4.78, 5) is 11.5. The molecule has 2 aromatic heterocycles. The number of phenols is 1. The van der Waals surface area contributed by atoms with Crippen molar-refractivity contribution in [3.8, 4) is 23.0 Å². The Labute approximate surface area is 143 Å². The van der Waals surface area contributed by atoms with Gasteiger partial charge in [0.2, 0.25) is 0 Å². The number of fused-ring (bicyclic) bond motifs is 1. The molecule has 0 unspecified atom stereocenters. The zero-order chi connectivity index (χ0) is 17.4. The van der Waals surface area contributed by atoms with Crippen LogP contribution in [-0.4, -0.2) is 20.3 Å². The summed E-state index contributed by atoms with van der Waals surface area (Å²) in [7, 11) is 0. The Balaban J connectivity index is 2.11. The monoisotopic (exact) mass is 333 g/mol. The van der Waals surface area contributed by atoms with Crippen LogP contribution in [0.2, 0.25) is 0 Å². The number of carbonyl (C=O) groups is 1. The van der Waals surface area contributed by atoms with Crippen LogP contribution in [0.3, 0.4) is 0 Å². The van der Waals surface area contributed by atoms with Gasteiger partial charge in [0, 0.05) is 23.5 Å². The zero-order valence-corrected chi connectivity index (χ0v) is 13.2. The highest BCUT2D eigenvalue weighted by molar-refractivity contribution is 5.94. The Hall–Kier alpha value is -3.67. The first-order valence-electron chi connectivity index (χ1n) is 7.68. The van der Waals surface area contributed by atoms with E-state index in [0.29, 0.717) is 11.6 Å². The van der Waals surface area contributed by atoms with Gasteiger partial charge in [0.1, 0.15) is 5.75 Å². The summed E-state index contributed by atoms with van der Waals surface area (Å²) in [5.41, 5.74) is 6.96. The van der Waals surface area contributed by atoms with Crippen molar-refractivity contribution in [1.29, 1.82) is 0 Å². The van der Waals surface area contributed by atoms with Crippen LogP contribution in [0, 0.1) is 0 Å². The van der Waals surface area contributed by atoms with Gasteiger partial charge in [0.25, 0.3) is 0 Å². The first-order valence-corrected chi connectivity index (χ1v) is 7.68. The van der Waals surface area contributed by atoms with Crippen molar-refractivity contribution >= 4 is 17.0 Å². The number of rotatable bonds is 3. The van der Waals surface area contributed by atoms with E-state index in [9.17, 15) is 9.90 Å². The summed E-state index contributed by atoms with van der Waals surface area (Å²) < 4.78 is 9.16. The fourth-order valence-corrected chi connectivity index (χ4v) is 2.97. The molecule has 0 fully saturated rings. The van der Waals surface area contributed by atoms with Crippen molar-refractivity contribution in [2.75, 3.05) is 0 Å². The molecule has 4 rings (SSSR count). The van der Waals surface area contributed by atoms with Crippen LogP contribution in [0.5, 0.6) is 11.5 Å². The third kappa shape index (κ3) is 2.49. The Morgan fingerprint density at radius 1 is 0.960 bits per heavy atom. The molecule has 0 spiro atoms. The molecule has 3 N–H and O–H groups in total. The van der Waals surface area contributed by atoms with E-state index in [1.165, 1.54) is 0 Å². The molecule has 0 aliphatic heterocycles. The highest BCUT2D eigenvalue weighted by Gasteiger charge is 2.22. The minimum absolute atomic E-state index is 0.177. The van der Waals surface area contributed by atoms with Gasteiger partial charge < -0.3 is 20.1 Å². The average molecular weight is 333 g/mol. The molecular formula is C19H15N3O3. The standard InChI is InChI=1S/C19H15N3O3/c20-19(24)25-17-15-5-1-2-6-16(15)22(13-7-9-14(23)10-8-13)18(17)21-11-3-4-12-21/h1-12,23H,(H2,20,24). The molecule has 0 bridgehead atoms. The van der Waals surface area contributed by atoms with Gasteiger partial charge in [0.05, 0.1) is 5.52 Å². The number of amides is 1. The molecule has 0 radical (unpaired) electrons. The summed E-state index contributed by atoms with van der Waals surface area (Å²) in [5, 5.41) is 10.4. The summed E-state index contributed by atoms with van der Waals surface area (Å²) in [5.74, 6) is 1.21. The van der Waals surface area contributed by atoms with E-state index in [0.717, 1.165) is 16.6 Å². The van der Waals surface area contributed by atoms with Gasteiger partial charge in [-0.05, 0) is 48.5 Å². The van der Waals surface area contributed by atoms with Crippen LogP contribution in [0.25, 0.3) is 22.4 Å². The molecule has 124 valence electrons. The third-order valence-corrected chi connectivity index (χ3v) is 3.96. The van der Waals surface area contributed by atoms with Crippen molar-refractivity contribution in [3.05, 3.63) is 73.1 Å². The number of phenolic OH excluding ortho intramolecular Hbond substituents is 1. The van der Waals surface area contributed by atoms with Crippen molar-refractivity contribution < 1.29 is 14.6 Å². The Kier molecular flexibility index (Phi) is 3.43. The lowest BCUT2D eigenvalue weighted by molar-refractivity contribution is 0.211. The van der Waals surface area contributed by atoms with Crippen LogP contribution in [0.4, 0.5) is 4.79 Å². The SMILES string of the molecule is NC(=O)Oc1c(-n2cccc2)n(-c2ccc(O)cc2)c2ccccc12. The van der Waals surface area contributed by atoms with Gasteiger partial charge in [-0.15, -0.1) is 0 Å². The van der Waals surface area contributed by atoms with E-state index < -0.39 is 6.09 Å². The number of aromatic nitrogens is 2. The van der Waals surface area contributed by atoms with Gasteiger partial charge in [-0.3, -0.25) is 4.57 Å². The predicted molar refractivity (Wildman–Crippen MR) is 94.5 cm³/mol. The second-order valence-electron chi connectivity index (χ2n) is 5.53. The van der Waals surface area contributed by atoms with E-state index in [-0.39, 0.29) is 5.75 Å². The Bertz CT molecular complexity index is 1050. The van der Waals surface area contributed by atoms with Crippen molar-refractivity contribution in [1.82, 2.24) is 9.13 Å². The van der Waals surface area contributed by atoms with Crippen LogP contribution < -0.4 is 10.5 Å². The van der Waals surface area contributed by atoms with Gasteiger partial charge in [-0.1, -0.05) is 12.1 Å². The first kappa shape index (κ1) is 14.9. The fraction of sp³-hybridized carbons (Fsp3) is 0. The Morgan fingerprint density at radius 3 is 2.32 bits per heavy atom. The normalized spacial score (nSPS) is 10.9. The number of ether oxygens (including phenoxy) is 1. The lowest BCUT2D eigenvalue weighted by atomic mass is 10.2. The lowest BCUT2D eigenvalue weighted by Crippen LogP contribution is -2.17. The summed E-state index contributed by atoms with van der Waals surface area (Å²) in [6.07, 6.45) is 2.85.